The van der Waals surface area contributed by atoms with Crippen molar-refractivity contribution in [1.29, 1.82) is 0 Å². The molecule has 1 aliphatic carbocycles. The van der Waals surface area contributed by atoms with E-state index in [4.69, 9.17) is 4.74 Å². The van der Waals surface area contributed by atoms with E-state index in [1.807, 2.05) is 20.8 Å². The Hall–Kier alpha value is -0.810. The van der Waals surface area contributed by atoms with Crippen molar-refractivity contribution >= 4 is 6.09 Å². The summed E-state index contributed by atoms with van der Waals surface area (Å²) < 4.78 is 5.25. The molecule has 20 heavy (non-hydrogen) atoms. The van der Waals surface area contributed by atoms with E-state index < -0.39 is 5.60 Å². The summed E-state index contributed by atoms with van der Waals surface area (Å²) in [6.07, 6.45) is 2.83. The van der Waals surface area contributed by atoms with Crippen LogP contribution in [0.25, 0.3) is 0 Å². The molecule has 5 heteroatoms. The Kier molecular flexibility index (Phi) is 6.27. The van der Waals surface area contributed by atoms with Gasteiger partial charge >= 0.3 is 6.09 Å². The van der Waals surface area contributed by atoms with Crippen LogP contribution in [-0.2, 0) is 4.74 Å². The van der Waals surface area contributed by atoms with Crippen LogP contribution in [-0.4, -0.2) is 55.4 Å². The Morgan fingerprint density at radius 2 is 1.90 bits per heavy atom. The number of rotatable bonds is 6. The number of carbonyl (C=O) groups is 1. The SMILES string of the molecule is CC(CCN(C)C)NC1CC(NC(=O)OC(C)(C)C)C1. The van der Waals surface area contributed by atoms with Gasteiger partial charge in [-0.1, -0.05) is 0 Å². The molecule has 0 aromatic rings. The van der Waals surface area contributed by atoms with Gasteiger partial charge in [-0.05, 0) is 67.6 Å². The second-order valence-electron chi connectivity index (χ2n) is 7.17. The number of amides is 1. The lowest BCUT2D eigenvalue weighted by Gasteiger charge is -2.38. The van der Waals surface area contributed by atoms with Gasteiger partial charge in [-0.2, -0.15) is 0 Å². The van der Waals surface area contributed by atoms with Crippen molar-refractivity contribution in [2.45, 2.75) is 70.7 Å². The Balaban J connectivity index is 2.12. The summed E-state index contributed by atoms with van der Waals surface area (Å²) in [5.41, 5.74) is -0.424. The molecule has 1 saturated carbocycles. The van der Waals surface area contributed by atoms with Gasteiger partial charge in [-0.15, -0.1) is 0 Å². The normalized spacial score (nSPS) is 24.1. The van der Waals surface area contributed by atoms with Gasteiger partial charge in [-0.3, -0.25) is 0 Å². The van der Waals surface area contributed by atoms with Crippen molar-refractivity contribution in [3.05, 3.63) is 0 Å². The van der Waals surface area contributed by atoms with Gasteiger partial charge in [-0.25, -0.2) is 4.79 Å². The maximum absolute atomic E-state index is 11.6. The van der Waals surface area contributed by atoms with Gasteiger partial charge in [0.05, 0.1) is 0 Å². The number of nitrogens with one attached hydrogen (secondary N) is 2. The summed E-state index contributed by atoms with van der Waals surface area (Å²) in [7, 11) is 4.19. The van der Waals surface area contributed by atoms with Crippen molar-refractivity contribution in [3.63, 3.8) is 0 Å². The monoisotopic (exact) mass is 285 g/mol. The first-order chi connectivity index (χ1) is 9.15. The molecule has 0 heterocycles. The van der Waals surface area contributed by atoms with Gasteiger partial charge in [0.15, 0.2) is 0 Å². The minimum absolute atomic E-state index is 0.253. The van der Waals surface area contributed by atoms with E-state index in [1.165, 1.54) is 0 Å². The Bertz CT molecular complexity index is 307. The van der Waals surface area contributed by atoms with Crippen LogP contribution in [0.3, 0.4) is 0 Å². The third-order valence-electron chi connectivity index (χ3n) is 3.39. The van der Waals surface area contributed by atoms with Gasteiger partial charge in [0, 0.05) is 18.1 Å². The quantitative estimate of drug-likeness (QED) is 0.783. The zero-order valence-electron chi connectivity index (χ0n) is 13.8. The lowest BCUT2D eigenvalue weighted by atomic mass is 9.86. The molecule has 1 aliphatic rings. The number of ether oxygens (including phenoxy) is 1. The smallest absolute Gasteiger partial charge is 0.407 e. The fraction of sp³-hybridized carbons (Fsp3) is 0.933. The molecule has 1 rings (SSSR count). The van der Waals surface area contributed by atoms with E-state index in [0.29, 0.717) is 12.1 Å². The first-order valence-electron chi connectivity index (χ1n) is 7.56. The zero-order chi connectivity index (χ0) is 15.3. The van der Waals surface area contributed by atoms with Crippen LogP contribution >= 0.6 is 0 Å². The average Bonchev–Trinajstić information content (AvgIpc) is 2.20. The number of alkyl carbamates (subject to hydrolysis) is 1. The summed E-state index contributed by atoms with van der Waals surface area (Å²) >= 11 is 0. The summed E-state index contributed by atoms with van der Waals surface area (Å²) in [5.74, 6) is 0. The molecule has 0 bridgehead atoms. The van der Waals surface area contributed by atoms with Crippen molar-refractivity contribution < 1.29 is 9.53 Å². The first-order valence-corrected chi connectivity index (χ1v) is 7.56. The van der Waals surface area contributed by atoms with E-state index in [-0.39, 0.29) is 12.1 Å². The van der Waals surface area contributed by atoms with E-state index in [1.54, 1.807) is 0 Å². The molecule has 0 saturated heterocycles. The lowest BCUT2D eigenvalue weighted by Crippen LogP contribution is -2.55. The number of carbonyl (C=O) groups excluding carboxylic acids is 1. The van der Waals surface area contributed by atoms with Crippen molar-refractivity contribution in [1.82, 2.24) is 15.5 Å². The van der Waals surface area contributed by atoms with E-state index in [0.717, 1.165) is 25.8 Å². The number of nitrogens with zero attached hydrogens (tertiary/aromatic N) is 1. The molecule has 0 spiro atoms. The van der Waals surface area contributed by atoms with Crippen molar-refractivity contribution in [2.24, 2.45) is 0 Å². The summed E-state index contributed by atoms with van der Waals surface area (Å²) in [6, 6.07) is 1.29. The summed E-state index contributed by atoms with van der Waals surface area (Å²) in [5, 5.41) is 6.52. The standard InChI is InChI=1S/C15H31N3O2/c1-11(7-8-18(5)6)16-12-9-13(10-12)17-14(19)20-15(2,3)4/h11-13,16H,7-10H2,1-6H3,(H,17,19). The molecular weight excluding hydrogens is 254 g/mol. The molecule has 1 fully saturated rings. The minimum atomic E-state index is -0.424. The second-order valence-corrected chi connectivity index (χ2v) is 7.17. The topological polar surface area (TPSA) is 53.6 Å². The highest BCUT2D eigenvalue weighted by atomic mass is 16.6. The minimum Gasteiger partial charge on any atom is -0.444 e. The van der Waals surface area contributed by atoms with Crippen LogP contribution in [0.1, 0.15) is 47.0 Å². The third-order valence-corrected chi connectivity index (χ3v) is 3.39. The Labute approximate surface area is 123 Å². The second kappa shape index (κ2) is 7.27. The van der Waals surface area contributed by atoms with Crippen molar-refractivity contribution in [3.8, 4) is 0 Å². The van der Waals surface area contributed by atoms with Crippen LogP contribution in [0.15, 0.2) is 0 Å². The third kappa shape index (κ3) is 7.10. The maximum atomic E-state index is 11.6. The molecule has 0 aromatic carbocycles. The molecule has 5 nitrogen and oxygen atoms in total. The Morgan fingerprint density at radius 3 is 2.40 bits per heavy atom. The van der Waals surface area contributed by atoms with E-state index in [2.05, 4.69) is 36.6 Å². The fourth-order valence-corrected chi connectivity index (χ4v) is 2.28. The molecular formula is C15H31N3O2. The molecule has 0 aromatic heterocycles. The Morgan fingerprint density at radius 1 is 1.30 bits per heavy atom. The highest BCUT2D eigenvalue weighted by Gasteiger charge is 2.32. The number of hydrogen-bond acceptors (Lipinski definition) is 4. The maximum Gasteiger partial charge on any atom is 0.407 e. The van der Waals surface area contributed by atoms with Crippen LogP contribution in [0.5, 0.6) is 0 Å². The predicted molar refractivity (Wildman–Crippen MR) is 81.9 cm³/mol. The zero-order valence-corrected chi connectivity index (χ0v) is 13.8. The fourth-order valence-electron chi connectivity index (χ4n) is 2.28. The van der Waals surface area contributed by atoms with E-state index >= 15 is 0 Å². The van der Waals surface area contributed by atoms with Gasteiger partial charge in [0.25, 0.3) is 0 Å². The lowest BCUT2D eigenvalue weighted by molar-refractivity contribution is 0.0463. The molecule has 0 aliphatic heterocycles. The number of hydrogen-bond donors (Lipinski definition) is 2. The van der Waals surface area contributed by atoms with Crippen LogP contribution < -0.4 is 10.6 Å². The van der Waals surface area contributed by atoms with Gasteiger partial charge in [0.1, 0.15) is 5.60 Å². The van der Waals surface area contributed by atoms with Crippen LogP contribution in [0, 0.1) is 0 Å². The largest absolute Gasteiger partial charge is 0.444 e. The average molecular weight is 285 g/mol. The highest BCUT2D eigenvalue weighted by Crippen LogP contribution is 2.21. The van der Waals surface area contributed by atoms with Crippen LogP contribution in [0.2, 0.25) is 0 Å². The predicted octanol–water partition coefficient (Wildman–Crippen LogP) is 1.97. The van der Waals surface area contributed by atoms with Gasteiger partial charge in [0.2, 0.25) is 0 Å². The summed E-state index contributed by atoms with van der Waals surface area (Å²) in [6.45, 7) is 8.96. The molecule has 2 N–H and O–H groups in total. The van der Waals surface area contributed by atoms with E-state index in [9.17, 15) is 4.79 Å². The highest BCUT2D eigenvalue weighted by molar-refractivity contribution is 5.68. The molecule has 1 atom stereocenters. The first kappa shape index (κ1) is 17.2. The molecule has 0 radical (unpaired) electrons. The molecule has 1 unspecified atom stereocenters. The summed E-state index contributed by atoms with van der Waals surface area (Å²) in [4.78, 5) is 13.8. The van der Waals surface area contributed by atoms with Crippen molar-refractivity contribution in [2.75, 3.05) is 20.6 Å². The molecule has 1 amide bonds. The van der Waals surface area contributed by atoms with Crippen LogP contribution in [0.4, 0.5) is 4.79 Å². The molecule has 118 valence electrons. The van der Waals surface area contributed by atoms with Gasteiger partial charge < -0.3 is 20.3 Å².